The van der Waals surface area contributed by atoms with Crippen LogP contribution in [0, 0.1) is 0 Å². The van der Waals surface area contributed by atoms with Crippen molar-refractivity contribution >= 4 is 17.9 Å². The number of esters is 1. The molecular weight excluding hydrogens is 484 g/mol. The highest BCUT2D eigenvalue weighted by Crippen LogP contribution is 2.21. The third kappa shape index (κ3) is 6.95. The van der Waals surface area contributed by atoms with Gasteiger partial charge in [0.2, 0.25) is 11.9 Å². The number of ether oxygens (including phenoxy) is 2. The Morgan fingerprint density at radius 3 is 2.00 bits per heavy atom. The molecule has 2 fully saturated rings. The second-order valence-corrected chi connectivity index (χ2v) is 10.1. The number of piperazine rings is 2. The van der Waals surface area contributed by atoms with Crippen LogP contribution in [0.25, 0.3) is 0 Å². The molecular formula is C27H40N8O3. The summed E-state index contributed by atoms with van der Waals surface area (Å²) in [4.78, 5) is 39.4. The number of hydrogen-bond donors (Lipinski definition) is 0. The molecule has 3 aliphatic rings. The van der Waals surface area contributed by atoms with Crippen molar-refractivity contribution in [2.75, 3.05) is 95.1 Å². The van der Waals surface area contributed by atoms with Gasteiger partial charge in [0, 0.05) is 89.7 Å². The van der Waals surface area contributed by atoms with Gasteiger partial charge in [-0.15, -0.1) is 0 Å². The molecule has 0 unspecified atom stereocenters. The summed E-state index contributed by atoms with van der Waals surface area (Å²) in [7, 11) is 0. The molecule has 1 aliphatic carbocycles. The molecule has 38 heavy (non-hydrogen) atoms. The van der Waals surface area contributed by atoms with Crippen LogP contribution < -0.4 is 9.80 Å². The molecule has 206 valence electrons. The minimum absolute atomic E-state index is 0.342. The summed E-state index contributed by atoms with van der Waals surface area (Å²) >= 11 is 0. The minimum Gasteiger partial charge on any atom is -0.462 e. The van der Waals surface area contributed by atoms with E-state index in [9.17, 15) is 4.79 Å². The van der Waals surface area contributed by atoms with E-state index in [0.29, 0.717) is 18.1 Å². The van der Waals surface area contributed by atoms with E-state index in [2.05, 4.69) is 40.7 Å². The molecule has 0 saturated carbocycles. The van der Waals surface area contributed by atoms with E-state index in [4.69, 9.17) is 14.5 Å². The third-order valence-corrected chi connectivity index (χ3v) is 7.61. The number of anilines is 2. The van der Waals surface area contributed by atoms with Crippen molar-refractivity contribution in [3.8, 4) is 0 Å². The fourth-order valence-corrected chi connectivity index (χ4v) is 5.25. The van der Waals surface area contributed by atoms with Crippen molar-refractivity contribution in [3.05, 3.63) is 35.4 Å². The topological polar surface area (TPSA) is 100 Å². The molecule has 0 radical (unpaired) electrons. The van der Waals surface area contributed by atoms with Crippen LogP contribution in [0.5, 0.6) is 0 Å². The van der Waals surface area contributed by atoms with Crippen molar-refractivity contribution in [3.63, 3.8) is 0 Å². The van der Waals surface area contributed by atoms with Crippen LogP contribution in [0.2, 0.25) is 0 Å². The van der Waals surface area contributed by atoms with Crippen LogP contribution in [0.3, 0.4) is 0 Å². The lowest BCUT2D eigenvalue weighted by Crippen LogP contribution is -2.48. The Morgan fingerprint density at radius 2 is 1.37 bits per heavy atom. The van der Waals surface area contributed by atoms with Crippen LogP contribution in [0.1, 0.15) is 41.4 Å². The summed E-state index contributed by atoms with van der Waals surface area (Å²) < 4.78 is 11.0. The number of rotatable bonds is 10. The van der Waals surface area contributed by atoms with Gasteiger partial charge in [0.05, 0.1) is 25.4 Å². The van der Waals surface area contributed by atoms with E-state index in [-0.39, 0.29) is 5.97 Å². The average molecular weight is 525 g/mol. The maximum Gasteiger partial charge on any atom is 0.341 e. The van der Waals surface area contributed by atoms with E-state index < -0.39 is 0 Å². The number of aromatic nitrogens is 4. The summed E-state index contributed by atoms with van der Waals surface area (Å²) in [6, 6.07) is 0. The van der Waals surface area contributed by atoms with Crippen molar-refractivity contribution < 1.29 is 14.3 Å². The summed E-state index contributed by atoms with van der Waals surface area (Å²) in [5.41, 5.74) is 2.99. The maximum absolute atomic E-state index is 11.8. The Hall–Kier alpha value is -2.89. The molecule has 11 heteroatoms. The lowest BCUT2D eigenvalue weighted by Gasteiger charge is -2.35. The monoisotopic (exact) mass is 524 g/mol. The molecule has 5 rings (SSSR count). The zero-order valence-electron chi connectivity index (χ0n) is 22.6. The Labute approximate surface area is 225 Å². The molecule has 0 spiro atoms. The predicted molar refractivity (Wildman–Crippen MR) is 145 cm³/mol. The summed E-state index contributed by atoms with van der Waals surface area (Å²) in [5.74, 6) is 1.18. The first-order valence-electron chi connectivity index (χ1n) is 14.1. The summed E-state index contributed by atoms with van der Waals surface area (Å²) in [6.45, 7) is 13.1. The first-order chi connectivity index (χ1) is 18.7. The number of carbonyl (C=O) groups excluding carboxylic acids is 1. The molecule has 0 N–H and O–H groups in total. The second-order valence-electron chi connectivity index (χ2n) is 10.1. The molecule has 2 aliphatic heterocycles. The van der Waals surface area contributed by atoms with Gasteiger partial charge in [-0.25, -0.2) is 24.7 Å². The lowest BCUT2D eigenvalue weighted by molar-refractivity contribution is 0.0525. The third-order valence-electron chi connectivity index (χ3n) is 7.61. The Kier molecular flexibility index (Phi) is 9.32. The maximum atomic E-state index is 11.8. The number of aryl methyl sites for hydroxylation is 2. The highest BCUT2D eigenvalue weighted by atomic mass is 16.5. The number of nitrogens with zero attached hydrogens (tertiary/aromatic N) is 8. The lowest BCUT2D eigenvalue weighted by atomic mass is 9.98. The Morgan fingerprint density at radius 1 is 0.789 bits per heavy atom. The molecule has 11 nitrogen and oxygen atoms in total. The fourth-order valence-electron chi connectivity index (χ4n) is 5.25. The zero-order valence-corrected chi connectivity index (χ0v) is 22.6. The predicted octanol–water partition coefficient (Wildman–Crippen LogP) is 1.28. The zero-order chi connectivity index (χ0) is 26.2. The minimum atomic E-state index is -0.383. The van der Waals surface area contributed by atoms with Crippen molar-refractivity contribution in [1.82, 2.24) is 29.7 Å². The Balaban J connectivity index is 0.937. The Bertz CT molecular complexity index is 1040. The first-order valence-corrected chi connectivity index (χ1v) is 14.1. The SMILES string of the molecule is CCOC(=O)c1cnc(N2CCN(CCOCCN3CCN(c4ncc5c(n4)CCCC5)CC3)CC2)nc1. The smallest absolute Gasteiger partial charge is 0.341 e. The van der Waals surface area contributed by atoms with Gasteiger partial charge in [-0.05, 0) is 38.2 Å². The standard InChI is InChI=1S/C27H40N8O3/c1-2-38-25(36)23-20-28-26(29-21-23)34-11-7-32(8-12-34)15-17-37-18-16-33-9-13-35(14-10-33)27-30-19-22-5-3-4-6-24(22)31-27/h19-21H,2-18H2,1H3. The van der Waals surface area contributed by atoms with Gasteiger partial charge in [0.25, 0.3) is 0 Å². The number of carbonyl (C=O) groups is 1. The quantitative estimate of drug-likeness (QED) is 0.332. The van der Waals surface area contributed by atoms with Crippen molar-refractivity contribution in [1.29, 1.82) is 0 Å². The second kappa shape index (κ2) is 13.3. The normalized spacial score (nSPS) is 18.9. The van der Waals surface area contributed by atoms with Gasteiger partial charge in [0.15, 0.2) is 0 Å². The highest BCUT2D eigenvalue weighted by Gasteiger charge is 2.22. The molecule has 0 bridgehead atoms. The van der Waals surface area contributed by atoms with E-state index in [1.807, 2.05) is 0 Å². The van der Waals surface area contributed by atoms with E-state index >= 15 is 0 Å². The van der Waals surface area contributed by atoms with Gasteiger partial charge in [-0.3, -0.25) is 9.80 Å². The molecule has 2 saturated heterocycles. The molecule has 0 amide bonds. The average Bonchev–Trinajstić information content (AvgIpc) is 2.97. The van der Waals surface area contributed by atoms with Crippen LogP contribution in [-0.2, 0) is 22.3 Å². The van der Waals surface area contributed by atoms with Gasteiger partial charge < -0.3 is 19.3 Å². The van der Waals surface area contributed by atoms with Gasteiger partial charge in [-0.2, -0.15) is 0 Å². The molecule has 0 atom stereocenters. The van der Waals surface area contributed by atoms with Crippen LogP contribution in [-0.4, -0.2) is 121 Å². The van der Waals surface area contributed by atoms with E-state index in [1.165, 1.54) is 24.1 Å². The number of hydrogen-bond acceptors (Lipinski definition) is 11. The number of fused-ring (bicyclic) bond motifs is 1. The first kappa shape index (κ1) is 26.7. The van der Waals surface area contributed by atoms with Gasteiger partial charge >= 0.3 is 5.97 Å². The fraction of sp³-hybridized carbons (Fsp3) is 0.667. The van der Waals surface area contributed by atoms with Crippen LogP contribution in [0.15, 0.2) is 18.6 Å². The molecule has 4 heterocycles. The summed E-state index contributed by atoms with van der Waals surface area (Å²) in [6.07, 6.45) is 9.87. The summed E-state index contributed by atoms with van der Waals surface area (Å²) in [5, 5.41) is 0. The molecule has 2 aromatic heterocycles. The van der Waals surface area contributed by atoms with Gasteiger partial charge in [0.1, 0.15) is 0 Å². The molecule has 2 aromatic rings. The van der Waals surface area contributed by atoms with E-state index in [0.717, 1.165) is 97.5 Å². The van der Waals surface area contributed by atoms with Crippen LogP contribution >= 0.6 is 0 Å². The largest absolute Gasteiger partial charge is 0.462 e. The van der Waals surface area contributed by atoms with Crippen LogP contribution in [0.4, 0.5) is 11.9 Å². The highest BCUT2D eigenvalue weighted by molar-refractivity contribution is 5.88. The van der Waals surface area contributed by atoms with Crippen molar-refractivity contribution in [2.24, 2.45) is 0 Å². The molecule has 0 aromatic carbocycles. The van der Waals surface area contributed by atoms with Gasteiger partial charge in [-0.1, -0.05) is 0 Å². The van der Waals surface area contributed by atoms with Crippen molar-refractivity contribution in [2.45, 2.75) is 32.6 Å². The van der Waals surface area contributed by atoms with E-state index in [1.54, 1.807) is 19.3 Å².